The molecule has 1 heterocycles. The average molecular weight is 249 g/mol. The molecule has 1 aliphatic heterocycles. The molecule has 0 aliphatic carbocycles. The summed E-state index contributed by atoms with van der Waals surface area (Å²) in [7, 11) is 0. The molecular formula is C17H15NO. The molecule has 1 aliphatic rings. The molecule has 1 N–H and O–H groups in total. The van der Waals surface area contributed by atoms with Gasteiger partial charge in [-0.3, -0.25) is 4.79 Å². The highest BCUT2D eigenvalue weighted by molar-refractivity contribution is 5.82. The molecule has 19 heavy (non-hydrogen) atoms. The van der Waals surface area contributed by atoms with E-state index in [0.717, 1.165) is 17.7 Å². The highest BCUT2D eigenvalue weighted by Crippen LogP contribution is 2.21. The van der Waals surface area contributed by atoms with Gasteiger partial charge in [0.25, 0.3) is 0 Å². The van der Waals surface area contributed by atoms with Crippen LogP contribution >= 0.6 is 0 Å². The zero-order valence-electron chi connectivity index (χ0n) is 10.6. The minimum Gasteiger partial charge on any atom is -0.330 e. The molecular weight excluding hydrogens is 234 g/mol. The van der Waals surface area contributed by atoms with Gasteiger partial charge in [0.1, 0.15) is 0 Å². The molecule has 2 aromatic carbocycles. The van der Waals surface area contributed by atoms with Crippen molar-refractivity contribution in [3.05, 3.63) is 65.9 Å². The van der Waals surface area contributed by atoms with Crippen LogP contribution in [0.5, 0.6) is 0 Å². The first-order chi connectivity index (χ1) is 9.31. The number of nitrogens with one attached hydrogen (secondary N) is 1. The highest BCUT2D eigenvalue weighted by Gasteiger charge is 2.13. The van der Waals surface area contributed by atoms with E-state index < -0.39 is 0 Å². The van der Waals surface area contributed by atoms with Crippen LogP contribution in [0.15, 0.2) is 60.3 Å². The van der Waals surface area contributed by atoms with E-state index in [9.17, 15) is 4.79 Å². The van der Waals surface area contributed by atoms with Gasteiger partial charge in [-0.05, 0) is 29.2 Å². The lowest BCUT2D eigenvalue weighted by Crippen LogP contribution is -2.11. The van der Waals surface area contributed by atoms with Crippen LogP contribution in [0.4, 0.5) is 0 Å². The molecule has 0 radical (unpaired) electrons. The molecule has 0 spiro atoms. The molecule has 2 nitrogen and oxygen atoms in total. The summed E-state index contributed by atoms with van der Waals surface area (Å²) in [6, 6.07) is 18.7. The number of amides is 1. The Morgan fingerprint density at radius 3 is 2.16 bits per heavy atom. The van der Waals surface area contributed by atoms with Crippen molar-refractivity contribution < 1.29 is 4.79 Å². The van der Waals surface area contributed by atoms with E-state index in [-0.39, 0.29) is 5.91 Å². The molecule has 1 amide bonds. The summed E-state index contributed by atoms with van der Waals surface area (Å²) < 4.78 is 0. The quantitative estimate of drug-likeness (QED) is 0.865. The van der Waals surface area contributed by atoms with Crippen molar-refractivity contribution >= 4 is 12.0 Å². The first kappa shape index (κ1) is 11.7. The van der Waals surface area contributed by atoms with Crippen molar-refractivity contribution in [2.24, 2.45) is 0 Å². The predicted octanol–water partition coefficient (Wildman–Crippen LogP) is 3.60. The molecule has 0 aromatic heterocycles. The number of benzene rings is 2. The van der Waals surface area contributed by atoms with E-state index in [0.29, 0.717) is 6.42 Å². The summed E-state index contributed by atoms with van der Waals surface area (Å²) in [5.41, 5.74) is 4.56. The summed E-state index contributed by atoms with van der Waals surface area (Å²) in [5, 5.41) is 2.87. The van der Waals surface area contributed by atoms with Crippen LogP contribution in [0.3, 0.4) is 0 Å². The van der Waals surface area contributed by atoms with E-state index in [1.165, 1.54) is 11.1 Å². The molecule has 0 bridgehead atoms. The molecule has 0 atom stereocenters. The number of rotatable bonds is 2. The minimum atomic E-state index is 0.118. The van der Waals surface area contributed by atoms with Crippen LogP contribution in [-0.2, 0) is 4.79 Å². The highest BCUT2D eigenvalue weighted by atomic mass is 16.1. The van der Waals surface area contributed by atoms with E-state index in [1.54, 1.807) is 0 Å². The number of carbonyl (C=O) groups excluding carboxylic acids is 1. The lowest BCUT2D eigenvalue weighted by atomic mass is 10.0. The van der Waals surface area contributed by atoms with Crippen LogP contribution in [-0.4, -0.2) is 5.91 Å². The van der Waals surface area contributed by atoms with Gasteiger partial charge in [-0.15, -0.1) is 0 Å². The third kappa shape index (κ3) is 2.74. The maximum absolute atomic E-state index is 11.1. The van der Waals surface area contributed by atoms with E-state index in [4.69, 9.17) is 0 Å². The third-order valence-corrected chi connectivity index (χ3v) is 3.28. The fourth-order valence-corrected chi connectivity index (χ4v) is 2.26. The Hall–Kier alpha value is -2.35. The first-order valence-corrected chi connectivity index (χ1v) is 6.47. The van der Waals surface area contributed by atoms with Gasteiger partial charge in [0.05, 0.1) is 0 Å². The van der Waals surface area contributed by atoms with Crippen LogP contribution in [0.2, 0.25) is 0 Å². The maximum Gasteiger partial charge on any atom is 0.224 e. The van der Waals surface area contributed by atoms with Gasteiger partial charge in [0, 0.05) is 12.1 Å². The Balaban J connectivity index is 1.82. The Kier molecular flexibility index (Phi) is 3.15. The Labute approximate surface area is 112 Å². The molecule has 0 saturated carbocycles. The molecule has 1 saturated heterocycles. The molecule has 3 rings (SSSR count). The molecule has 2 aromatic rings. The smallest absolute Gasteiger partial charge is 0.224 e. The van der Waals surface area contributed by atoms with Gasteiger partial charge in [-0.25, -0.2) is 0 Å². The summed E-state index contributed by atoms with van der Waals surface area (Å²) >= 11 is 0. The standard InChI is InChI=1S/C17H15NO/c19-17-11-10-16(18-17)12-13-6-8-15(9-7-13)14-4-2-1-3-5-14/h1-9,12H,10-11H2,(H,18,19). The summed E-state index contributed by atoms with van der Waals surface area (Å²) in [5.74, 6) is 0.118. The molecule has 94 valence electrons. The van der Waals surface area contributed by atoms with Crippen molar-refractivity contribution in [1.29, 1.82) is 0 Å². The van der Waals surface area contributed by atoms with E-state index in [1.807, 2.05) is 24.3 Å². The van der Waals surface area contributed by atoms with Gasteiger partial charge in [0.15, 0.2) is 0 Å². The fraction of sp³-hybridized carbons (Fsp3) is 0.118. The zero-order chi connectivity index (χ0) is 13.1. The minimum absolute atomic E-state index is 0.118. The van der Waals surface area contributed by atoms with Crippen molar-refractivity contribution in [2.45, 2.75) is 12.8 Å². The van der Waals surface area contributed by atoms with Gasteiger partial charge in [-0.1, -0.05) is 54.6 Å². The Morgan fingerprint density at radius 2 is 1.53 bits per heavy atom. The molecule has 0 unspecified atom stereocenters. The summed E-state index contributed by atoms with van der Waals surface area (Å²) in [6.07, 6.45) is 3.47. The van der Waals surface area contributed by atoms with Crippen molar-refractivity contribution in [1.82, 2.24) is 5.32 Å². The lowest BCUT2D eigenvalue weighted by molar-refractivity contribution is -0.118. The molecule has 1 fully saturated rings. The lowest BCUT2D eigenvalue weighted by Gasteiger charge is -2.03. The number of allylic oxidation sites excluding steroid dienone is 1. The monoisotopic (exact) mass is 249 g/mol. The largest absolute Gasteiger partial charge is 0.330 e. The SMILES string of the molecule is O=C1CCC(=Cc2ccc(-c3ccccc3)cc2)N1. The summed E-state index contributed by atoms with van der Waals surface area (Å²) in [4.78, 5) is 11.1. The number of carbonyl (C=O) groups is 1. The first-order valence-electron chi connectivity index (χ1n) is 6.47. The second-order valence-corrected chi connectivity index (χ2v) is 4.71. The number of hydrogen-bond acceptors (Lipinski definition) is 1. The Bertz CT molecular complexity index is 611. The van der Waals surface area contributed by atoms with Gasteiger partial charge >= 0.3 is 0 Å². The van der Waals surface area contributed by atoms with Crippen molar-refractivity contribution in [3.8, 4) is 11.1 Å². The second kappa shape index (κ2) is 5.11. The van der Waals surface area contributed by atoms with Gasteiger partial charge < -0.3 is 5.32 Å². The normalized spacial score (nSPS) is 16.6. The fourth-order valence-electron chi connectivity index (χ4n) is 2.26. The van der Waals surface area contributed by atoms with Crippen LogP contribution in [0, 0.1) is 0 Å². The van der Waals surface area contributed by atoms with Gasteiger partial charge in [-0.2, -0.15) is 0 Å². The topological polar surface area (TPSA) is 29.1 Å². The molecule has 2 heteroatoms. The summed E-state index contributed by atoms with van der Waals surface area (Å²) in [6.45, 7) is 0. The van der Waals surface area contributed by atoms with Crippen molar-refractivity contribution in [3.63, 3.8) is 0 Å². The maximum atomic E-state index is 11.1. The average Bonchev–Trinajstić information content (AvgIpc) is 2.86. The van der Waals surface area contributed by atoms with E-state index in [2.05, 4.69) is 41.7 Å². The van der Waals surface area contributed by atoms with Crippen LogP contribution < -0.4 is 5.32 Å². The third-order valence-electron chi connectivity index (χ3n) is 3.28. The van der Waals surface area contributed by atoms with Crippen LogP contribution in [0.1, 0.15) is 18.4 Å². The van der Waals surface area contributed by atoms with Crippen LogP contribution in [0.25, 0.3) is 17.2 Å². The zero-order valence-corrected chi connectivity index (χ0v) is 10.6. The van der Waals surface area contributed by atoms with Gasteiger partial charge in [0.2, 0.25) is 5.91 Å². The number of hydrogen-bond donors (Lipinski definition) is 1. The van der Waals surface area contributed by atoms with E-state index >= 15 is 0 Å². The van der Waals surface area contributed by atoms with Crippen molar-refractivity contribution in [2.75, 3.05) is 0 Å². The second-order valence-electron chi connectivity index (χ2n) is 4.71. The Morgan fingerprint density at radius 1 is 0.842 bits per heavy atom. The predicted molar refractivity (Wildman–Crippen MR) is 77.2 cm³/mol.